The van der Waals surface area contributed by atoms with Crippen molar-refractivity contribution in [3.63, 3.8) is 0 Å². The SMILES string of the molecule is FC(F)(F)c1ccccc1C1CN(c2ccc3nncn3n2)CCO1. The van der Waals surface area contributed by atoms with E-state index in [1.165, 1.54) is 23.0 Å². The molecule has 3 heterocycles. The van der Waals surface area contributed by atoms with E-state index in [0.29, 0.717) is 24.6 Å². The van der Waals surface area contributed by atoms with Gasteiger partial charge in [0.2, 0.25) is 0 Å². The number of morpholine rings is 1. The third-order valence-corrected chi connectivity index (χ3v) is 4.15. The van der Waals surface area contributed by atoms with Crippen molar-refractivity contribution in [2.24, 2.45) is 0 Å². The number of fused-ring (bicyclic) bond motifs is 1. The average Bonchev–Trinajstić information content (AvgIpc) is 3.09. The van der Waals surface area contributed by atoms with Crippen LogP contribution < -0.4 is 4.90 Å². The van der Waals surface area contributed by atoms with Gasteiger partial charge in [-0.2, -0.15) is 17.7 Å². The Morgan fingerprint density at radius 2 is 1.96 bits per heavy atom. The van der Waals surface area contributed by atoms with E-state index in [0.717, 1.165) is 6.07 Å². The van der Waals surface area contributed by atoms with Crippen LogP contribution in [0.25, 0.3) is 5.65 Å². The molecular weight excluding hydrogens is 335 g/mol. The molecule has 0 spiro atoms. The molecule has 9 heteroatoms. The van der Waals surface area contributed by atoms with Gasteiger partial charge in [-0.05, 0) is 23.8 Å². The van der Waals surface area contributed by atoms with Crippen molar-refractivity contribution in [2.45, 2.75) is 12.3 Å². The lowest BCUT2D eigenvalue weighted by Gasteiger charge is -2.34. The van der Waals surface area contributed by atoms with Gasteiger partial charge >= 0.3 is 6.18 Å². The largest absolute Gasteiger partial charge is 0.416 e. The molecule has 0 bridgehead atoms. The third-order valence-electron chi connectivity index (χ3n) is 4.15. The van der Waals surface area contributed by atoms with Gasteiger partial charge in [-0.15, -0.1) is 15.3 Å². The predicted molar refractivity (Wildman–Crippen MR) is 83.1 cm³/mol. The molecule has 130 valence electrons. The van der Waals surface area contributed by atoms with Crippen LogP contribution in [-0.2, 0) is 10.9 Å². The second-order valence-electron chi connectivity index (χ2n) is 5.72. The van der Waals surface area contributed by atoms with Gasteiger partial charge in [-0.25, -0.2) is 0 Å². The van der Waals surface area contributed by atoms with E-state index < -0.39 is 17.8 Å². The van der Waals surface area contributed by atoms with Gasteiger partial charge in [0.1, 0.15) is 18.2 Å². The van der Waals surface area contributed by atoms with Crippen LogP contribution in [0.3, 0.4) is 0 Å². The summed E-state index contributed by atoms with van der Waals surface area (Å²) in [4.78, 5) is 1.90. The minimum Gasteiger partial charge on any atom is -0.370 e. The minimum absolute atomic E-state index is 0.144. The average molecular weight is 349 g/mol. The van der Waals surface area contributed by atoms with Crippen molar-refractivity contribution in [1.29, 1.82) is 0 Å². The molecule has 1 atom stereocenters. The van der Waals surface area contributed by atoms with Gasteiger partial charge in [0.25, 0.3) is 0 Å². The van der Waals surface area contributed by atoms with Gasteiger partial charge in [-0.1, -0.05) is 18.2 Å². The van der Waals surface area contributed by atoms with E-state index >= 15 is 0 Å². The first-order valence-electron chi connectivity index (χ1n) is 7.72. The number of aromatic nitrogens is 4. The van der Waals surface area contributed by atoms with E-state index in [2.05, 4.69) is 15.3 Å². The molecule has 0 amide bonds. The molecule has 0 radical (unpaired) electrons. The molecule has 0 N–H and O–H groups in total. The lowest BCUT2D eigenvalue weighted by Crippen LogP contribution is -2.39. The third kappa shape index (κ3) is 3.02. The maximum absolute atomic E-state index is 13.3. The zero-order valence-corrected chi connectivity index (χ0v) is 13.0. The number of benzene rings is 1. The van der Waals surface area contributed by atoms with E-state index in [4.69, 9.17) is 4.74 Å². The number of nitrogens with zero attached hydrogens (tertiary/aromatic N) is 5. The van der Waals surface area contributed by atoms with E-state index in [9.17, 15) is 13.2 Å². The van der Waals surface area contributed by atoms with Gasteiger partial charge in [-0.3, -0.25) is 0 Å². The Hall–Kier alpha value is -2.68. The van der Waals surface area contributed by atoms with Crippen molar-refractivity contribution in [2.75, 3.05) is 24.6 Å². The van der Waals surface area contributed by atoms with Crippen molar-refractivity contribution < 1.29 is 17.9 Å². The van der Waals surface area contributed by atoms with Crippen LogP contribution in [0.5, 0.6) is 0 Å². The lowest BCUT2D eigenvalue weighted by atomic mass is 10.0. The van der Waals surface area contributed by atoms with Crippen molar-refractivity contribution in [1.82, 2.24) is 19.8 Å². The summed E-state index contributed by atoms with van der Waals surface area (Å²) in [6.07, 6.45) is -3.61. The van der Waals surface area contributed by atoms with Crippen molar-refractivity contribution in [3.8, 4) is 0 Å². The summed E-state index contributed by atoms with van der Waals surface area (Å²) in [5.74, 6) is 0.644. The van der Waals surface area contributed by atoms with Gasteiger partial charge in [0, 0.05) is 13.1 Å². The van der Waals surface area contributed by atoms with Crippen LogP contribution in [0, 0.1) is 0 Å². The molecule has 2 aromatic heterocycles. The molecule has 0 saturated carbocycles. The fourth-order valence-corrected chi connectivity index (χ4v) is 2.97. The first-order chi connectivity index (χ1) is 12.0. The Morgan fingerprint density at radius 1 is 1.12 bits per heavy atom. The van der Waals surface area contributed by atoms with Crippen molar-refractivity contribution in [3.05, 3.63) is 53.9 Å². The summed E-state index contributed by atoms with van der Waals surface area (Å²) in [6.45, 7) is 1.15. The van der Waals surface area contributed by atoms with Crippen LogP contribution in [-0.4, -0.2) is 39.5 Å². The number of anilines is 1. The molecule has 4 rings (SSSR count). The highest BCUT2D eigenvalue weighted by molar-refractivity contribution is 5.46. The monoisotopic (exact) mass is 349 g/mol. The molecule has 1 aromatic carbocycles. The standard InChI is InChI=1S/C16H14F3N5O/c17-16(18,19)12-4-2-1-3-11(12)13-9-23(7-8-25-13)15-6-5-14-21-20-10-24(14)22-15/h1-6,10,13H,7-9H2. The molecule has 3 aromatic rings. The topological polar surface area (TPSA) is 55.6 Å². The number of ether oxygens (including phenoxy) is 1. The van der Waals surface area contributed by atoms with Gasteiger partial charge in [0.15, 0.2) is 5.65 Å². The Morgan fingerprint density at radius 3 is 2.80 bits per heavy atom. The highest BCUT2D eigenvalue weighted by atomic mass is 19.4. The summed E-state index contributed by atoms with van der Waals surface area (Å²) in [6, 6.07) is 9.07. The minimum atomic E-state index is -4.41. The number of hydrogen-bond donors (Lipinski definition) is 0. The fraction of sp³-hybridized carbons (Fsp3) is 0.312. The van der Waals surface area contributed by atoms with Crippen LogP contribution >= 0.6 is 0 Å². The number of halogens is 3. The zero-order valence-electron chi connectivity index (χ0n) is 13.0. The van der Waals surface area contributed by atoms with E-state index in [-0.39, 0.29) is 12.1 Å². The number of hydrogen-bond acceptors (Lipinski definition) is 5. The lowest BCUT2D eigenvalue weighted by molar-refractivity contribution is -0.139. The predicted octanol–water partition coefficient (Wildman–Crippen LogP) is 2.72. The zero-order chi connectivity index (χ0) is 17.4. The van der Waals surface area contributed by atoms with Crippen LogP contribution in [0.15, 0.2) is 42.7 Å². The van der Waals surface area contributed by atoms with Crippen LogP contribution in [0.2, 0.25) is 0 Å². The Bertz CT molecular complexity index is 895. The first kappa shape index (κ1) is 15.8. The quantitative estimate of drug-likeness (QED) is 0.712. The van der Waals surface area contributed by atoms with Crippen molar-refractivity contribution >= 4 is 11.5 Å². The highest BCUT2D eigenvalue weighted by Crippen LogP contribution is 2.36. The summed E-state index contributed by atoms with van der Waals surface area (Å²) in [5.41, 5.74) is 0.0881. The molecule has 1 aliphatic heterocycles. The number of rotatable bonds is 2. The highest BCUT2D eigenvalue weighted by Gasteiger charge is 2.36. The van der Waals surface area contributed by atoms with Gasteiger partial charge < -0.3 is 9.64 Å². The molecular formula is C16H14F3N5O. The smallest absolute Gasteiger partial charge is 0.370 e. The molecule has 1 saturated heterocycles. The number of alkyl halides is 3. The first-order valence-corrected chi connectivity index (χ1v) is 7.72. The van der Waals surface area contributed by atoms with E-state index in [1.807, 2.05) is 4.90 Å². The normalized spacial score (nSPS) is 18.7. The van der Waals surface area contributed by atoms with E-state index in [1.54, 1.807) is 18.2 Å². The molecule has 1 fully saturated rings. The van der Waals surface area contributed by atoms with Gasteiger partial charge in [0.05, 0.1) is 12.2 Å². The molecule has 6 nitrogen and oxygen atoms in total. The molecule has 1 aliphatic rings. The fourth-order valence-electron chi connectivity index (χ4n) is 2.97. The van der Waals surface area contributed by atoms with Crippen LogP contribution in [0.1, 0.15) is 17.2 Å². The van der Waals surface area contributed by atoms with Crippen LogP contribution in [0.4, 0.5) is 19.0 Å². The maximum atomic E-state index is 13.3. The molecule has 25 heavy (non-hydrogen) atoms. The summed E-state index contributed by atoms with van der Waals surface area (Å²) < 4.78 is 46.9. The molecule has 0 aliphatic carbocycles. The summed E-state index contributed by atoms with van der Waals surface area (Å²) in [5, 5.41) is 12.1. The molecule has 1 unspecified atom stereocenters. The Kier molecular flexibility index (Phi) is 3.79. The summed E-state index contributed by atoms with van der Waals surface area (Å²) in [7, 11) is 0. The second kappa shape index (κ2) is 5.99. The second-order valence-corrected chi connectivity index (χ2v) is 5.72. The summed E-state index contributed by atoms with van der Waals surface area (Å²) >= 11 is 0. The maximum Gasteiger partial charge on any atom is 0.416 e. The Labute approximate surface area is 140 Å². The Balaban J connectivity index is 1.63.